The Morgan fingerprint density at radius 2 is 2.33 bits per heavy atom. The number of rotatable bonds is 3. The maximum Gasteiger partial charge on any atom is 0.138 e. The Balaban J connectivity index is 1.75. The van der Waals surface area contributed by atoms with Gasteiger partial charge in [0.15, 0.2) is 0 Å². The highest BCUT2D eigenvalue weighted by Crippen LogP contribution is 2.52. The van der Waals surface area contributed by atoms with Gasteiger partial charge in [0.05, 0.1) is 5.69 Å². The maximum atomic E-state index is 5.68. The second-order valence-electron chi connectivity index (χ2n) is 4.94. The first-order chi connectivity index (χ1) is 7.36. The summed E-state index contributed by atoms with van der Waals surface area (Å²) in [7, 11) is 0. The molecule has 2 bridgehead atoms. The van der Waals surface area contributed by atoms with Gasteiger partial charge in [-0.1, -0.05) is 11.6 Å². The Bertz CT molecular complexity index is 349. The van der Waals surface area contributed by atoms with Gasteiger partial charge in [0, 0.05) is 24.3 Å². The summed E-state index contributed by atoms with van der Waals surface area (Å²) in [6, 6.07) is 2.12. The minimum absolute atomic E-state index is 0.616. The molecule has 0 radical (unpaired) electrons. The molecule has 3 unspecified atom stereocenters. The van der Waals surface area contributed by atoms with Crippen LogP contribution in [0, 0.1) is 11.8 Å². The van der Waals surface area contributed by atoms with Crippen molar-refractivity contribution in [3.8, 4) is 0 Å². The van der Waals surface area contributed by atoms with Crippen molar-refractivity contribution < 1.29 is 4.52 Å². The number of aryl methyl sites for hydroxylation is 1. The van der Waals surface area contributed by atoms with Crippen molar-refractivity contribution in [2.75, 3.05) is 5.88 Å². The van der Waals surface area contributed by atoms with Crippen molar-refractivity contribution >= 4 is 11.6 Å². The zero-order valence-corrected chi connectivity index (χ0v) is 9.54. The number of alkyl halides is 1. The summed E-state index contributed by atoms with van der Waals surface area (Å²) >= 11 is 5.68. The van der Waals surface area contributed by atoms with Crippen LogP contribution in [0.15, 0.2) is 10.6 Å². The van der Waals surface area contributed by atoms with Crippen molar-refractivity contribution in [1.29, 1.82) is 0 Å². The van der Waals surface area contributed by atoms with Gasteiger partial charge in [-0.15, -0.1) is 11.6 Å². The SMILES string of the molecule is ClCCc1cc(C2CC3CCC2C3)no1. The lowest BCUT2D eigenvalue weighted by Crippen LogP contribution is -2.08. The fourth-order valence-electron chi connectivity index (χ4n) is 3.32. The van der Waals surface area contributed by atoms with E-state index in [0.717, 1.165) is 24.0 Å². The number of nitrogens with zero attached hydrogens (tertiary/aromatic N) is 1. The lowest BCUT2D eigenvalue weighted by molar-refractivity contribution is 0.354. The van der Waals surface area contributed by atoms with Crippen molar-refractivity contribution in [3.63, 3.8) is 0 Å². The van der Waals surface area contributed by atoms with Crippen molar-refractivity contribution in [3.05, 3.63) is 17.5 Å². The molecule has 0 amide bonds. The van der Waals surface area contributed by atoms with Gasteiger partial charge in [-0.2, -0.15) is 0 Å². The Morgan fingerprint density at radius 1 is 1.40 bits per heavy atom. The minimum atomic E-state index is 0.616. The van der Waals surface area contributed by atoms with Crippen molar-refractivity contribution in [1.82, 2.24) is 5.16 Å². The third-order valence-electron chi connectivity index (χ3n) is 4.04. The number of hydrogen-bond donors (Lipinski definition) is 0. The fourth-order valence-corrected chi connectivity index (χ4v) is 3.51. The summed E-state index contributed by atoms with van der Waals surface area (Å²) in [4.78, 5) is 0. The first-order valence-corrected chi connectivity index (χ1v) is 6.41. The van der Waals surface area contributed by atoms with E-state index in [9.17, 15) is 0 Å². The first-order valence-electron chi connectivity index (χ1n) is 5.88. The Labute approximate surface area is 95.0 Å². The zero-order chi connectivity index (χ0) is 10.3. The predicted octanol–water partition coefficient (Wildman–Crippen LogP) is 3.36. The summed E-state index contributed by atoms with van der Waals surface area (Å²) in [6.45, 7) is 0. The summed E-state index contributed by atoms with van der Waals surface area (Å²) in [5.41, 5.74) is 1.18. The number of hydrogen-bond acceptors (Lipinski definition) is 2. The summed E-state index contributed by atoms with van der Waals surface area (Å²) in [6.07, 6.45) is 6.38. The van der Waals surface area contributed by atoms with E-state index >= 15 is 0 Å². The number of fused-ring (bicyclic) bond motifs is 2. The highest BCUT2D eigenvalue weighted by Gasteiger charge is 2.41. The second kappa shape index (κ2) is 3.82. The standard InChI is InChI=1S/C12H16ClNO/c13-4-3-10-7-12(14-15-10)11-6-8-1-2-9(11)5-8/h7-9,11H,1-6H2. The molecular weight excluding hydrogens is 210 g/mol. The average molecular weight is 226 g/mol. The van der Waals surface area contributed by atoms with Gasteiger partial charge in [0.2, 0.25) is 0 Å². The largest absolute Gasteiger partial charge is 0.361 e. The van der Waals surface area contributed by atoms with Crippen molar-refractivity contribution in [2.24, 2.45) is 11.8 Å². The quantitative estimate of drug-likeness (QED) is 0.738. The average Bonchev–Trinajstić information content (AvgIpc) is 2.91. The third-order valence-corrected chi connectivity index (χ3v) is 4.23. The van der Waals surface area contributed by atoms with E-state index in [0.29, 0.717) is 11.8 Å². The molecule has 1 aromatic heterocycles. The third kappa shape index (κ3) is 1.69. The number of aromatic nitrogens is 1. The molecule has 82 valence electrons. The van der Waals surface area contributed by atoms with Gasteiger partial charge in [-0.3, -0.25) is 0 Å². The highest BCUT2D eigenvalue weighted by atomic mass is 35.5. The fraction of sp³-hybridized carbons (Fsp3) is 0.750. The molecule has 0 aromatic carbocycles. The van der Waals surface area contributed by atoms with E-state index in [4.69, 9.17) is 16.1 Å². The van der Waals surface area contributed by atoms with Crippen LogP contribution in [0.3, 0.4) is 0 Å². The van der Waals surface area contributed by atoms with E-state index in [1.165, 1.54) is 31.4 Å². The van der Waals surface area contributed by atoms with Crippen LogP contribution >= 0.6 is 11.6 Å². The Hall–Kier alpha value is -0.500. The van der Waals surface area contributed by atoms with Crippen LogP contribution in [0.1, 0.15) is 43.1 Å². The smallest absolute Gasteiger partial charge is 0.138 e. The molecule has 0 saturated heterocycles. The van der Waals surface area contributed by atoms with Crippen molar-refractivity contribution in [2.45, 2.75) is 38.0 Å². The lowest BCUT2D eigenvalue weighted by Gasteiger charge is -2.18. The molecule has 15 heavy (non-hydrogen) atoms. The van der Waals surface area contributed by atoms with Gasteiger partial charge in [0.1, 0.15) is 5.76 Å². The van der Waals surface area contributed by atoms with Crippen LogP contribution < -0.4 is 0 Å². The zero-order valence-electron chi connectivity index (χ0n) is 8.79. The molecule has 0 aliphatic heterocycles. The topological polar surface area (TPSA) is 26.0 Å². The van der Waals surface area contributed by atoms with Gasteiger partial charge < -0.3 is 4.52 Å². The number of halogens is 1. The van der Waals surface area contributed by atoms with E-state index in [2.05, 4.69) is 11.2 Å². The molecule has 0 spiro atoms. The molecule has 2 aliphatic carbocycles. The second-order valence-corrected chi connectivity index (χ2v) is 5.32. The summed E-state index contributed by atoms with van der Waals surface area (Å²) in [5, 5.41) is 4.20. The minimum Gasteiger partial charge on any atom is -0.361 e. The molecule has 2 nitrogen and oxygen atoms in total. The van der Waals surface area contributed by atoms with Gasteiger partial charge >= 0.3 is 0 Å². The van der Waals surface area contributed by atoms with Crippen LogP contribution in [-0.2, 0) is 6.42 Å². The molecule has 2 aliphatic rings. The van der Waals surface area contributed by atoms with Gasteiger partial charge in [0.25, 0.3) is 0 Å². The van der Waals surface area contributed by atoms with Crippen LogP contribution in [0.2, 0.25) is 0 Å². The van der Waals surface area contributed by atoms with E-state index < -0.39 is 0 Å². The molecule has 3 rings (SSSR count). The van der Waals surface area contributed by atoms with Crippen LogP contribution in [0.25, 0.3) is 0 Å². The molecule has 3 heteroatoms. The summed E-state index contributed by atoms with van der Waals surface area (Å²) in [5.74, 6) is 4.09. The van der Waals surface area contributed by atoms with E-state index in [1.807, 2.05) is 0 Å². The van der Waals surface area contributed by atoms with Crippen LogP contribution in [-0.4, -0.2) is 11.0 Å². The molecule has 2 saturated carbocycles. The van der Waals surface area contributed by atoms with Crippen LogP contribution in [0.5, 0.6) is 0 Å². The monoisotopic (exact) mass is 225 g/mol. The Kier molecular flexibility index (Phi) is 2.47. The molecule has 1 heterocycles. The molecule has 1 aromatic rings. The highest BCUT2D eigenvalue weighted by molar-refractivity contribution is 6.17. The molecule has 0 N–H and O–H groups in total. The van der Waals surface area contributed by atoms with Gasteiger partial charge in [-0.25, -0.2) is 0 Å². The predicted molar refractivity (Wildman–Crippen MR) is 59.1 cm³/mol. The maximum absolute atomic E-state index is 5.68. The summed E-state index contributed by atoms with van der Waals surface area (Å²) < 4.78 is 5.29. The molecule has 3 atom stereocenters. The van der Waals surface area contributed by atoms with E-state index in [-0.39, 0.29) is 0 Å². The molecular formula is C12H16ClNO. The lowest BCUT2D eigenvalue weighted by atomic mass is 9.86. The van der Waals surface area contributed by atoms with Gasteiger partial charge in [-0.05, 0) is 31.1 Å². The first kappa shape index (κ1) is 9.71. The molecule has 2 fully saturated rings. The Morgan fingerprint density at radius 3 is 3.00 bits per heavy atom. The normalized spacial score (nSPS) is 33.8. The van der Waals surface area contributed by atoms with E-state index in [1.54, 1.807) is 0 Å². The van der Waals surface area contributed by atoms with Crippen LogP contribution in [0.4, 0.5) is 0 Å².